The minimum atomic E-state index is -0.603. The largest absolute Gasteiger partial charge is 0.493 e. The Bertz CT molecular complexity index is 597. The smallest absolute Gasteiger partial charge is 0.331 e. The summed E-state index contributed by atoms with van der Waals surface area (Å²) >= 11 is 0. The molecular formula is C18H25NO6. The molecule has 0 N–H and O–H groups in total. The Kier molecular flexibility index (Phi) is 8.32. The van der Waals surface area contributed by atoms with E-state index >= 15 is 0 Å². The minimum absolute atomic E-state index is 0.223. The van der Waals surface area contributed by atoms with Gasteiger partial charge in [0.15, 0.2) is 18.1 Å². The minimum Gasteiger partial charge on any atom is -0.493 e. The number of benzene rings is 1. The topological polar surface area (TPSA) is 74.3 Å². The van der Waals surface area contributed by atoms with Crippen molar-refractivity contribution in [3.63, 3.8) is 0 Å². The van der Waals surface area contributed by atoms with Gasteiger partial charge in [0.1, 0.15) is 0 Å². The number of carbonyl (C=O) groups excluding carboxylic acids is 2. The highest BCUT2D eigenvalue weighted by Gasteiger charge is 2.13. The second kappa shape index (κ2) is 10.2. The summed E-state index contributed by atoms with van der Waals surface area (Å²) in [5.41, 5.74) is 0.668. The van der Waals surface area contributed by atoms with Gasteiger partial charge in [-0.3, -0.25) is 4.79 Å². The Morgan fingerprint density at radius 1 is 1.00 bits per heavy atom. The second-order valence-electron chi connectivity index (χ2n) is 4.97. The molecule has 7 heteroatoms. The number of methoxy groups -OCH3 is 3. The quantitative estimate of drug-likeness (QED) is 0.501. The molecule has 1 aromatic rings. The van der Waals surface area contributed by atoms with Crippen LogP contribution in [0, 0.1) is 0 Å². The molecule has 0 aliphatic carbocycles. The van der Waals surface area contributed by atoms with Crippen molar-refractivity contribution in [1.29, 1.82) is 0 Å². The lowest BCUT2D eigenvalue weighted by molar-refractivity contribution is -0.147. The first-order valence-corrected chi connectivity index (χ1v) is 7.93. The predicted molar refractivity (Wildman–Crippen MR) is 94.0 cm³/mol. The number of carbonyl (C=O) groups is 2. The van der Waals surface area contributed by atoms with Crippen LogP contribution in [0.4, 0.5) is 0 Å². The van der Waals surface area contributed by atoms with Gasteiger partial charge in [-0.2, -0.15) is 0 Å². The van der Waals surface area contributed by atoms with Crippen LogP contribution in [0.15, 0.2) is 18.2 Å². The van der Waals surface area contributed by atoms with Crippen LogP contribution in [0.5, 0.6) is 17.2 Å². The Labute approximate surface area is 148 Å². The van der Waals surface area contributed by atoms with E-state index < -0.39 is 5.97 Å². The van der Waals surface area contributed by atoms with Gasteiger partial charge in [-0.1, -0.05) is 0 Å². The van der Waals surface area contributed by atoms with Crippen molar-refractivity contribution in [3.8, 4) is 17.2 Å². The van der Waals surface area contributed by atoms with Crippen molar-refractivity contribution in [1.82, 2.24) is 4.90 Å². The molecule has 1 rings (SSSR count). The third-order valence-corrected chi connectivity index (χ3v) is 3.55. The molecular weight excluding hydrogens is 326 g/mol. The molecule has 0 aromatic heterocycles. The molecule has 1 aromatic carbocycles. The van der Waals surface area contributed by atoms with E-state index in [-0.39, 0.29) is 12.5 Å². The molecule has 7 nitrogen and oxygen atoms in total. The first kappa shape index (κ1) is 20.3. The number of ether oxygens (including phenoxy) is 4. The summed E-state index contributed by atoms with van der Waals surface area (Å²) in [6.07, 6.45) is 2.80. The fraction of sp³-hybridized carbons (Fsp3) is 0.444. The number of esters is 1. The summed E-state index contributed by atoms with van der Waals surface area (Å²) in [4.78, 5) is 25.2. The van der Waals surface area contributed by atoms with Gasteiger partial charge in [0.05, 0.1) is 21.3 Å². The maximum atomic E-state index is 11.8. The molecule has 0 unspecified atom stereocenters. The molecule has 0 radical (unpaired) electrons. The predicted octanol–water partition coefficient (Wildman–Crippen LogP) is 2.14. The zero-order valence-electron chi connectivity index (χ0n) is 15.3. The van der Waals surface area contributed by atoms with Crippen LogP contribution in [0.2, 0.25) is 0 Å². The molecule has 0 heterocycles. The van der Waals surface area contributed by atoms with E-state index in [0.29, 0.717) is 35.9 Å². The number of hydrogen-bond donors (Lipinski definition) is 0. The highest BCUT2D eigenvalue weighted by atomic mass is 16.5. The Balaban J connectivity index is 2.78. The van der Waals surface area contributed by atoms with Gasteiger partial charge in [-0.15, -0.1) is 0 Å². The first-order valence-electron chi connectivity index (χ1n) is 7.93. The number of hydrogen-bond acceptors (Lipinski definition) is 6. The molecule has 0 atom stereocenters. The van der Waals surface area contributed by atoms with Crippen LogP contribution < -0.4 is 14.2 Å². The molecule has 138 valence electrons. The van der Waals surface area contributed by atoms with Gasteiger partial charge < -0.3 is 23.8 Å². The standard InChI is InChI=1S/C18H25NO6/c1-6-19(7-2)16(20)12-25-17(21)9-8-13-10-14(22-3)18(24-5)15(11-13)23-4/h8-11H,6-7,12H2,1-5H3/b9-8+. The highest BCUT2D eigenvalue weighted by molar-refractivity contribution is 5.89. The normalized spacial score (nSPS) is 10.4. The third-order valence-electron chi connectivity index (χ3n) is 3.55. The average Bonchev–Trinajstić information content (AvgIpc) is 2.64. The zero-order chi connectivity index (χ0) is 18.8. The fourth-order valence-corrected chi connectivity index (χ4v) is 2.21. The Hall–Kier alpha value is -2.70. The number of likely N-dealkylation sites (N-methyl/N-ethyl adjacent to an activating group) is 1. The maximum absolute atomic E-state index is 11.8. The monoisotopic (exact) mass is 351 g/mol. The third kappa shape index (κ3) is 5.70. The van der Waals surface area contributed by atoms with Crippen molar-refractivity contribution in [3.05, 3.63) is 23.8 Å². The van der Waals surface area contributed by atoms with E-state index in [9.17, 15) is 9.59 Å². The van der Waals surface area contributed by atoms with Crippen LogP contribution in [0.3, 0.4) is 0 Å². The van der Waals surface area contributed by atoms with Gasteiger partial charge in [0, 0.05) is 19.2 Å². The molecule has 0 bridgehead atoms. The van der Waals surface area contributed by atoms with E-state index in [1.54, 1.807) is 23.1 Å². The van der Waals surface area contributed by atoms with Crippen molar-refractivity contribution < 1.29 is 28.5 Å². The van der Waals surface area contributed by atoms with Gasteiger partial charge >= 0.3 is 5.97 Å². The lowest BCUT2D eigenvalue weighted by Crippen LogP contribution is -2.34. The van der Waals surface area contributed by atoms with Crippen LogP contribution >= 0.6 is 0 Å². The molecule has 0 spiro atoms. The molecule has 1 amide bonds. The van der Waals surface area contributed by atoms with Gasteiger partial charge in [0.2, 0.25) is 5.75 Å². The van der Waals surface area contributed by atoms with Gasteiger partial charge in [-0.05, 0) is 37.6 Å². The molecule has 0 aliphatic heterocycles. The Morgan fingerprint density at radius 2 is 1.56 bits per heavy atom. The van der Waals surface area contributed by atoms with E-state index in [2.05, 4.69) is 0 Å². The van der Waals surface area contributed by atoms with Crippen LogP contribution in [0.1, 0.15) is 19.4 Å². The van der Waals surface area contributed by atoms with Crippen molar-refractivity contribution in [2.45, 2.75) is 13.8 Å². The van der Waals surface area contributed by atoms with Crippen LogP contribution in [0.25, 0.3) is 6.08 Å². The number of rotatable bonds is 9. The molecule has 0 aliphatic rings. The van der Waals surface area contributed by atoms with Crippen molar-refractivity contribution >= 4 is 18.0 Å². The summed E-state index contributed by atoms with van der Waals surface area (Å²) in [6, 6.07) is 3.40. The van der Waals surface area contributed by atoms with Crippen LogP contribution in [-0.4, -0.2) is 57.8 Å². The molecule has 25 heavy (non-hydrogen) atoms. The summed E-state index contributed by atoms with van der Waals surface area (Å²) in [7, 11) is 4.54. The van der Waals surface area contributed by atoms with E-state index in [4.69, 9.17) is 18.9 Å². The van der Waals surface area contributed by atoms with Crippen LogP contribution in [-0.2, 0) is 14.3 Å². The van der Waals surface area contributed by atoms with Crippen molar-refractivity contribution in [2.24, 2.45) is 0 Å². The summed E-state index contributed by atoms with van der Waals surface area (Å²) in [5.74, 6) is 0.599. The zero-order valence-corrected chi connectivity index (χ0v) is 15.3. The molecule has 0 saturated heterocycles. The fourth-order valence-electron chi connectivity index (χ4n) is 2.21. The average molecular weight is 351 g/mol. The molecule has 0 saturated carbocycles. The van der Waals surface area contributed by atoms with Gasteiger partial charge in [0.25, 0.3) is 5.91 Å². The van der Waals surface area contributed by atoms with Gasteiger partial charge in [-0.25, -0.2) is 4.79 Å². The number of nitrogens with zero attached hydrogens (tertiary/aromatic N) is 1. The Morgan fingerprint density at radius 3 is 2.00 bits per heavy atom. The van der Waals surface area contributed by atoms with E-state index in [1.807, 2.05) is 13.8 Å². The van der Waals surface area contributed by atoms with E-state index in [0.717, 1.165) is 0 Å². The lowest BCUT2D eigenvalue weighted by Gasteiger charge is -2.17. The first-order chi connectivity index (χ1) is 12.0. The SMILES string of the molecule is CCN(CC)C(=O)COC(=O)/C=C/c1cc(OC)c(OC)c(OC)c1. The molecule has 0 fully saturated rings. The lowest BCUT2D eigenvalue weighted by atomic mass is 10.1. The number of amides is 1. The maximum Gasteiger partial charge on any atom is 0.331 e. The second-order valence-corrected chi connectivity index (χ2v) is 4.97. The summed E-state index contributed by atoms with van der Waals surface area (Å²) in [5, 5.41) is 0. The highest BCUT2D eigenvalue weighted by Crippen LogP contribution is 2.38. The van der Waals surface area contributed by atoms with Crippen molar-refractivity contribution in [2.75, 3.05) is 41.0 Å². The van der Waals surface area contributed by atoms with E-state index in [1.165, 1.54) is 27.4 Å². The summed E-state index contributed by atoms with van der Waals surface area (Å²) in [6.45, 7) is 4.61. The summed E-state index contributed by atoms with van der Waals surface area (Å²) < 4.78 is 20.7.